The van der Waals surface area contributed by atoms with Gasteiger partial charge in [-0.25, -0.2) is 0 Å². The Morgan fingerprint density at radius 2 is 1.65 bits per heavy atom. The molecule has 0 aromatic heterocycles. The predicted octanol–water partition coefficient (Wildman–Crippen LogP) is 0.753. The quantitative estimate of drug-likeness (QED) is 0.671. The number of likely N-dealkylation sites (N-methyl/N-ethyl adjacent to an activating group) is 1. The van der Waals surface area contributed by atoms with E-state index in [0.29, 0.717) is 19.0 Å². The molecule has 100 valence electrons. The standard InChI is InChI=1S/C12H24N2O3/c1-9(2)8-14(7-6-13(4)5)11(15)10(3)12(16)17/h9-10H,6-8H2,1-5H3,(H,16,17). The Morgan fingerprint density at radius 1 is 1.12 bits per heavy atom. The van der Waals surface area contributed by atoms with Gasteiger partial charge in [0.15, 0.2) is 0 Å². The van der Waals surface area contributed by atoms with Crippen LogP contribution in [0, 0.1) is 11.8 Å². The molecule has 0 saturated carbocycles. The summed E-state index contributed by atoms with van der Waals surface area (Å²) < 4.78 is 0. The van der Waals surface area contributed by atoms with Gasteiger partial charge in [0.05, 0.1) is 0 Å². The highest BCUT2D eigenvalue weighted by atomic mass is 16.4. The minimum atomic E-state index is -1.06. The van der Waals surface area contributed by atoms with Crippen molar-refractivity contribution in [3.8, 4) is 0 Å². The van der Waals surface area contributed by atoms with Crippen molar-refractivity contribution in [3.05, 3.63) is 0 Å². The molecule has 0 saturated heterocycles. The first-order valence-corrected chi connectivity index (χ1v) is 5.92. The molecule has 0 bridgehead atoms. The Bertz CT molecular complexity index is 264. The van der Waals surface area contributed by atoms with E-state index in [1.54, 1.807) is 4.90 Å². The summed E-state index contributed by atoms with van der Waals surface area (Å²) in [7, 11) is 3.86. The van der Waals surface area contributed by atoms with Gasteiger partial charge in [0.25, 0.3) is 0 Å². The van der Waals surface area contributed by atoms with Crippen molar-refractivity contribution in [1.29, 1.82) is 0 Å². The molecule has 0 heterocycles. The summed E-state index contributed by atoms with van der Waals surface area (Å²) in [5.41, 5.74) is 0. The lowest BCUT2D eigenvalue weighted by molar-refractivity contribution is -0.150. The van der Waals surface area contributed by atoms with E-state index in [4.69, 9.17) is 5.11 Å². The number of carboxylic acid groups (broad SMARTS) is 1. The van der Waals surface area contributed by atoms with E-state index in [1.165, 1.54) is 6.92 Å². The number of hydrogen-bond acceptors (Lipinski definition) is 3. The lowest BCUT2D eigenvalue weighted by Crippen LogP contribution is -2.43. The SMILES string of the molecule is CC(C)CN(CCN(C)C)C(=O)C(C)C(=O)O. The molecule has 0 aliphatic carbocycles. The van der Waals surface area contributed by atoms with Gasteiger partial charge in [-0.3, -0.25) is 9.59 Å². The van der Waals surface area contributed by atoms with E-state index in [9.17, 15) is 9.59 Å². The number of amides is 1. The molecule has 0 rings (SSSR count). The second-order valence-electron chi connectivity index (χ2n) is 5.04. The number of carbonyl (C=O) groups is 2. The molecule has 0 aliphatic rings. The van der Waals surface area contributed by atoms with Gasteiger partial charge in [-0.05, 0) is 26.9 Å². The van der Waals surface area contributed by atoms with Crippen LogP contribution in [0.1, 0.15) is 20.8 Å². The van der Waals surface area contributed by atoms with Crippen LogP contribution >= 0.6 is 0 Å². The first kappa shape index (κ1) is 15.9. The second-order valence-corrected chi connectivity index (χ2v) is 5.04. The fraction of sp³-hybridized carbons (Fsp3) is 0.833. The van der Waals surface area contributed by atoms with Crippen molar-refractivity contribution >= 4 is 11.9 Å². The average Bonchev–Trinajstić information content (AvgIpc) is 2.21. The van der Waals surface area contributed by atoms with Crippen molar-refractivity contribution in [2.24, 2.45) is 11.8 Å². The first-order valence-electron chi connectivity index (χ1n) is 5.92. The third kappa shape index (κ3) is 6.26. The van der Waals surface area contributed by atoms with Crippen molar-refractivity contribution < 1.29 is 14.7 Å². The van der Waals surface area contributed by atoms with Gasteiger partial charge in [-0.15, -0.1) is 0 Å². The van der Waals surface area contributed by atoms with Gasteiger partial charge in [-0.2, -0.15) is 0 Å². The Morgan fingerprint density at radius 3 is 2.00 bits per heavy atom. The highest BCUT2D eigenvalue weighted by Gasteiger charge is 2.26. The summed E-state index contributed by atoms with van der Waals surface area (Å²) in [5, 5.41) is 8.85. The Labute approximate surface area is 103 Å². The minimum Gasteiger partial charge on any atom is -0.481 e. The van der Waals surface area contributed by atoms with E-state index in [2.05, 4.69) is 0 Å². The average molecular weight is 244 g/mol. The zero-order chi connectivity index (χ0) is 13.6. The molecule has 0 aliphatic heterocycles. The van der Waals surface area contributed by atoms with Crippen LogP contribution in [0.5, 0.6) is 0 Å². The molecule has 0 aromatic rings. The Balaban J connectivity index is 4.55. The number of nitrogens with zero attached hydrogens (tertiary/aromatic N) is 2. The van der Waals surface area contributed by atoms with E-state index >= 15 is 0 Å². The second kappa shape index (κ2) is 7.27. The Hall–Kier alpha value is -1.10. The number of aliphatic carboxylic acids is 1. The van der Waals surface area contributed by atoms with Crippen LogP contribution in [0.3, 0.4) is 0 Å². The maximum absolute atomic E-state index is 12.0. The Kier molecular flexibility index (Phi) is 6.80. The van der Waals surface area contributed by atoms with Crippen molar-refractivity contribution in [3.63, 3.8) is 0 Å². The van der Waals surface area contributed by atoms with Gasteiger partial charge in [0.2, 0.25) is 5.91 Å². The van der Waals surface area contributed by atoms with Gasteiger partial charge in [0, 0.05) is 19.6 Å². The molecular weight excluding hydrogens is 220 g/mol. The van der Waals surface area contributed by atoms with E-state index in [-0.39, 0.29) is 5.91 Å². The van der Waals surface area contributed by atoms with Crippen LogP contribution in [-0.2, 0) is 9.59 Å². The largest absolute Gasteiger partial charge is 0.481 e. The number of hydrogen-bond donors (Lipinski definition) is 1. The van der Waals surface area contributed by atoms with Crippen molar-refractivity contribution in [2.45, 2.75) is 20.8 Å². The maximum Gasteiger partial charge on any atom is 0.315 e. The summed E-state index contributed by atoms with van der Waals surface area (Å²) in [4.78, 5) is 26.4. The predicted molar refractivity (Wildman–Crippen MR) is 66.8 cm³/mol. The summed E-state index contributed by atoms with van der Waals surface area (Å²) in [6.45, 7) is 7.38. The molecule has 1 N–H and O–H groups in total. The highest BCUT2D eigenvalue weighted by molar-refractivity contribution is 5.96. The zero-order valence-electron chi connectivity index (χ0n) is 11.4. The molecule has 0 spiro atoms. The number of rotatable bonds is 7. The van der Waals surface area contributed by atoms with E-state index in [1.807, 2.05) is 32.8 Å². The van der Waals surface area contributed by atoms with Crippen molar-refractivity contribution in [2.75, 3.05) is 33.7 Å². The molecule has 17 heavy (non-hydrogen) atoms. The molecule has 0 aromatic carbocycles. The smallest absolute Gasteiger partial charge is 0.315 e. The third-order valence-corrected chi connectivity index (χ3v) is 2.46. The van der Waals surface area contributed by atoms with Gasteiger partial charge >= 0.3 is 5.97 Å². The maximum atomic E-state index is 12.0. The molecule has 1 atom stereocenters. The van der Waals surface area contributed by atoms with E-state index < -0.39 is 11.9 Å². The fourth-order valence-corrected chi connectivity index (χ4v) is 1.43. The molecule has 5 nitrogen and oxygen atoms in total. The summed E-state index contributed by atoms with van der Waals surface area (Å²) in [6, 6.07) is 0. The summed E-state index contributed by atoms with van der Waals surface area (Å²) in [5.74, 6) is -1.99. The van der Waals surface area contributed by atoms with Crippen molar-refractivity contribution in [1.82, 2.24) is 9.80 Å². The number of carboxylic acids is 1. The summed E-state index contributed by atoms with van der Waals surface area (Å²) in [6.07, 6.45) is 0. The fourth-order valence-electron chi connectivity index (χ4n) is 1.43. The molecule has 1 unspecified atom stereocenters. The first-order chi connectivity index (χ1) is 7.75. The number of carbonyl (C=O) groups excluding carboxylic acids is 1. The van der Waals surface area contributed by atoms with Gasteiger partial charge in [0.1, 0.15) is 5.92 Å². The van der Waals surface area contributed by atoms with Crippen LogP contribution in [0.2, 0.25) is 0 Å². The monoisotopic (exact) mass is 244 g/mol. The molecule has 1 amide bonds. The molecule has 5 heteroatoms. The van der Waals surface area contributed by atoms with E-state index in [0.717, 1.165) is 6.54 Å². The molecule has 0 radical (unpaired) electrons. The van der Waals surface area contributed by atoms with Crippen LogP contribution in [0.25, 0.3) is 0 Å². The molecule has 0 fully saturated rings. The molecular formula is C12H24N2O3. The van der Waals surface area contributed by atoms with Crippen LogP contribution in [0.15, 0.2) is 0 Å². The third-order valence-electron chi connectivity index (χ3n) is 2.46. The van der Waals surface area contributed by atoms with Gasteiger partial charge < -0.3 is 14.9 Å². The van der Waals surface area contributed by atoms with Crippen LogP contribution in [-0.4, -0.2) is 60.5 Å². The normalized spacial score (nSPS) is 12.9. The van der Waals surface area contributed by atoms with Gasteiger partial charge in [-0.1, -0.05) is 13.8 Å². The minimum absolute atomic E-state index is 0.298. The van der Waals surface area contributed by atoms with Crippen LogP contribution < -0.4 is 0 Å². The zero-order valence-corrected chi connectivity index (χ0v) is 11.4. The van der Waals surface area contributed by atoms with Crippen LogP contribution in [0.4, 0.5) is 0 Å². The lowest BCUT2D eigenvalue weighted by atomic mass is 10.1. The summed E-state index contributed by atoms with van der Waals surface area (Å²) >= 11 is 0. The highest BCUT2D eigenvalue weighted by Crippen LogP contribution is 2.06. The topological polar surface area (TPSA) is 60.9 Å². The lowest BCUT2D eigenvalue weighted by Gasteiger charge is -2.27.